The van der Waals surface area contributed by atoms with Gasteiger partial charge in [0.05, 0.1) is 7.11 Å². The SMILES string of the molecule is COc1ccc(OCC(=O)N(Cc2ccc(Cl)cc2)[C@@H](Cc2ccccc2)C(=O)NCC(C)C)cc1. The number of carbonyl (C=O) groups is 2. The smallest absolute Gasteiger partial charge is 0.261 e. The summed E-state index contributed by atoms with van der Waals surface area (Å²) in [5, 5.41) is 3.62. The van der Waals surface area contributed by atoms with Crippen molar-refractivity contribution in [3.05, 3.63) is 95.0 Å². The summed E-state index contributed by atoms with van der Waals surface area (Å²) in [6, 6.07) is 23.3. The molecule has 3 aromatic rings. The predicted octanol–water partition coefficient (Wildman–Crippen LogP) is 5.14. The second-order valence-corrected chi connectivity index (χ2v) is 9.39. The average Bonchev–Trinajstić information content (AvgIpc) is 2.89. The molecule has 0 aromatic heterocycles. The van der Waals surface area contributed by atoms with Crippen molar-refractivity contribution >= 4 is 23.4 Å². The Bertz CT molecular complexity index is 1100. The minimum Gasteiger partial charge on any atom is -0.497 e. The van der Waals surface area contributed by atoms with Gasteiger partial charge in [0.25, 0.3) is 5.91 Å². The third-order valence-corrected chi connectivity index (χ3v) is 5.90. The van der Waals surface area contributed by atoms with Crippen molar-refractivity contribution in [2.24, 2.45) is 5.92 Å². The summed E-state index contributed by atoms with van der Waals surface area (Å²) >= 11 is 6.07. The van der Waals surface area contributed by atoms with Gasteiger partial charge in [-0.15, -0.1) is 0 Å². The summed E-state index contributed by atoms with van der Waals surface area (Å²) in [6.07, 6.45) is 0.382. The van der Waals surface area contributed by atoms with Crippen LogP contribution in [0.15, 0.2) is 78.9 Å². The highest BCUT2D eigenvalue weighted by Gasteiger charge is 2.30. The van der Waals surface area contributed by atoms with Crippen molar-refractivity contribution in [3.63, 3.8) is 0 Å². The number of nitrogens with zero attached hydrogens (tertiary/aromatic N) is 1. The molecule has 0 fully saturated rings. The molecule has 36 heavy (non-hydrogen) atoms. The van der Waals surface area contributed by atoms with E-state index in [-0.39, 0.29) is 30.9 Å². The van der Waals surface area contributed by atoms with Crippen molar-refractivity contribution in [3.8, 4) is 11.5 Å². The third-order valence-electron chi connectivity index (χ3n) is 5.64. The van der Waals surface area contributed by atoms with Crippen LogP contribution < -0.4 is 14.8 Å². The Morgan fingerprint density at radius 2 is 1.53 bits per heavy atom. The Labute approximate surface area is 218 Å². The summed E-state index contributed by atoms with van der Waals surface area (Å²) in [4.78, 5) is 28.6. The van der Waals surface area contributed by atoms with Crippen LogP contribution in [-0.2, 0) is 22.6 Å². The van der Waals surface area contributed by atoms with Gasteiger partial charge in [0.2, 0.25) is 5.91 Å². The lowest BCUT2D eigenvalue weighted by molar-refractivity contribution is -0.142. The van der Waals surface area contributed by atoms with E-state index in [9.17, 15) is 9.59 Å². The molecule has 3 rings (SSSR count). The molecule has 0 aliphatic carbocycles. The highest BCUT2D eigenvalue weighted by molar-refractivity contribution is 6.30. The number of ether oxygens (including phenoxy) is 2. The second kappa shape index (κ2) is 13.5. The highest BCUT2D eigenvalue weighted by atomic mass is 35.5. The number of hydrogen-bond donors (Lipinski definition) is 1. The molecule has 1 atom stereocenters. The number of halogens is 1. The number of methoxy groups -OCH3 is 1. The van der Waals surface area contributed by atoms with E-state index in [4.69, 9.17) is 21.1 Å². The van der Waals surface area contributed by atoms with Crippen LogP contribution in [0.3, 0.4) is 0 Å². The first-order valence-corrected chi connectivity index (χ1v) is 12.4. The molecule has 7 heteroatoms. The van der Waals surface area contributed by atoms with Gasteiger partial charge in [-0.1, -0.05) is 67.9 Å². The first kappa shape index (κ1) is 27.1. The summed E-state index contributed by atoms with van der Waals surface area (Å²) in [7, 11) is 1.59. The molecule has 2 amide bonds. The van der Waals surface area contributed by atoms with Crippen LogP contribution in [0.2, 0.25) is 5.02 Å². The summed E-state index contributed by atoms with van der Waals surface area (Å²) < 4.78 is 11.0. The molecular formula is C29H33ClN2O4. The highest BCUT2D eigenvalue weighted by Crippen LogP contribution is 2.19. The zero-order chi connectivity index (χ0) is 25.9. The standard InChI is InChI=1S/C29H33ClN2O4/c1-21(2)18-31-29(34)27(17-22-7-5-4-6-8-22)32(19-23-9-11-24(30)12-10-23)28(33)20-36-26-15-13-25(35-3)14-16-26/h4-16,21,27H,17-20H2,1-3H3,(H,31,34)/t27-/m0/s1. The molecule has 0 aliphatic rings. The molecular weight excluding hydrogens is 476 g/mol. The van der Waals surface area contributed by atoms with E-state index in [1.54, 1.807) is 48.4 Å². The van der Waals surface area contributed by atoms with Gasteiger partial charge in [-0.25, -0.2) is 0 Å². The van der Waals surface area contributed by atoms with Gasteiger partial charge in [-0.2, -0.15) is 0 Å². The largest absolute Gasteiger partial charge is 0.497 e. The molecule has 0 aliphatic heterocycles. The third kappa shape index (κ3) is 8.31. The van der Waals surface area contributed by atoms with E-state index in [1.165, 1.54) is 0 Å². The molecule has 0 spiro atoms. The van der Waals surface area contributed by atoms with Crippen molar-refractivity contribution in [1.82, 2.24) is 10.2 Å². The van der Waals surface area contributed by atoms with Gasteiger partial charge in [0.1, 0.15) is 17.5 Å². The molecule has 0 heterocycles. The van der Waals surface area contributed by atoms with Crippen LogP contribution in [-0.4, -0.2) is 43.0 Å². The maximum Gasteiger partial charge on any atom is 0.261 e. The second-order valence-electron chi connectivity index (χ2n) is 8.96. The van der Waals surface area contributed by atoms with Crippen molar-refractivity contribution in [1.29, 1.82) is 0 Å². The van der Waals surface area contributed by atoms with Crippen LogP contribution in [0.25, 0.3) is 0 Å². The fourth-order valence-electron chi connectivity index (χ4n) is 3.66. The summed E-state index contributed by atoms with van der Waals surface area (Å²) in [5.74, 6) is 1.04. The number of amides is 2. The first-order valence-electron chi connectivity index (χ1n) is 12.0. The number of carbonyl (C=O) groups excluding carboxylic acids is 2. The van der Waals surface area contributed by atoms with Crippen molar-refractivity contribution < 1.29 is 19.1 Å². The molecule has 1 N–H and O–H groups in total. The van der Waals surface area contributed by atoms with Crippen LogP contribution in [0, 0.1) is 5.92 Å². The van der Waals surface area contributed by atoms with Crippen molar-refractivity contribution in [2.75, 3.05) is 20.3 Å². The van der Waals surface area contributed by atoms with Gasteiger partial charge < -0.3 is 19.7 Å². The van der Waals surface area contributed by atoms with Gasteiger partial charge >= 0.3 is 0 Å². The van der Waals surface area contributed by atoms with Gasteiger partial charge in [0, 0.05) is 24.5 Å². The quantitative estimate of drug-likeness (QED) is 0.368. The maximum absolute atomic E-state index is 13.6. The minimum atomic E-state index is -0.714. The van der Waals surface area contributed by atoms with Crippen LogP contribution in [0.5, 0.6) is 11.5 Å². The van der Waals surface area contributed by atoms with Crippen molar-refractivity contribution in [2.45, 2.75) is 32.9 Å². The Hall–Kier alpha value is -3.51. The Balaban J connectivity index is 1.87. The van der Waals surface area contributed by atoms with Crippen LogP contribution >= 0.6 is 11.6 Å². The predicted molar refractivity (Wildman–Crippen MR) is 142 cm³/mol. The Morgan fingerprint density at radius 1 is 0.889 bits per heavy atom. The van der Waals surface area contributed by atoms with E-state index in [0.29, 0.717) is 29.5 Å². The fraction of sp³-hybridized carbons (Fsp3) is 0.310. The first-order chi connectivity index (χ1) is 17.4. The zero-order valence-corrected chi connectivity index (χ0v) is 21.7. The molecule has 190 valence electrons. The monoisotopic (exact) mass is 508 g/mol. The Kier molecular flexibility index (Phi) is 10.2. The molecule has 6 nitrogen and oxygen atoms in total. The molecule has 0 unspecified atom stereocenters. The number of hydrogen-bond acceptors (Lipinski definition) is 4. The van der Waals surface area contributed by atoms with E-state index in [2.05, 4.69) is 5.32 Å². The summed E-state index contributed by atoms with van der Waals surface area (Å²) in [6.45, 7) is 4.63. The van der Waals surface area contributed by atoms with Gasteiger partial charge in [-0.05, 0) is 53.4 Å². The molecule has 0 radical (unpaired) electrons. The van der Waals surface area contributed by atoms with Gasteiger partial charge in [-0.3, -0.25) is 9.59 Å². The Morgan fingerprint density at radius 3 is 2.14 bits per heavy atom. The number of nitrogens with one attached hydrogen (secondary N) is 1. The van der Waals surface area contributed by atoms with E-state index in [0.717, 1.165) is 11.1 Å². The average molecular weight is 509 g/mol. The normalized spacial score (nSPS) is 11.6. The van der Waals surface area contributed by atoms with E-state index >= 15 is 0 Å². The lowest BCUT2D eigenvalue weighted by Gasteiger charge is -2.31. The molecule has 0 saturated carbocycles. The zero-order valence-electron chi connectivity index (χ0n) is 20.9. The summed E-state index contributed by atoms with van der Waals surface area (Å²) in [5.41, 5.74) is 1.83. The lowest BCUT2D eigenvalue weighted by atomic mass is 10.0. The topological polar surface area (TPSA) is 67.9 Å². The van der Waals surface area contributed by atoms with Gasteiger partial charge in [0.15, 0.2) is 6.61 Å². The maximum atomic E-state index is 13.6. The molecule has 0 saturated heterocycles. The fourth-order valence-corrected chi connectivity index (χ4v) is 3.79. The van der Waals surface area contributed by atoms with Crippen LogP contribution in [0.4, 0.5) is 0 Å². The van der Waals surface area contributed by atoms with E-state index < -0.39 is 6.04 Å². The van der Waals surface area contributed by atoms with Crippen LogP contribution in [0.1, 0.15) is 25.0 Å². The molecule has 3 aromatic carbocycles. The lowest BCUT2D eigenvalue weighted by Crippen LogP contribution is -2.52. The van der Waals surface area contributed by atoms with E-state index in [1.807, 2.05) is 56.3 Å². The molecule has 0 bridgehead atoms. The minimum absolute atomic E-state index is 0.195. The number of benzene rings is 3. The number of rotatable bonds is 12.